The van der Waals surface area contributed by atoms with E-state index >= 15 is 0 Å². The van der Waals surface area contributed by atoms with Gasteiger partial charge in [-0.3, -0.25) is 4.79 Å². The summed E-state index contributed by atoms with van der Waals surface area (Å²) in [4.78, 5) is 14.8. The van der Waals surface area contributed by atoms with Crippen molar-refractivity contribution in [2.24, 2.45) is 5.92 Å². The highest BCUT2D eigenvalue weighted by Gasteiger charge is 2.43. The molecule has 1 saturated carbocycles. The summed E-state index contributed by atoms with van der Waals surface area (Å²) in [6.45, 7) is 1.31. The van der Waals surface area contributed by atoms with Crippen molar-refractivity contribution in [1.29, 1.82) is 0 Å². The second-order valence-electron chi connectivity index (χ2n) is 7.14. The minimum absolute atomic E-state index is 0.0629. The van der Waals surface area contributed by atoms with Gasteiger partial charge in [0.25, 0.3) is 5.91 Å². The Morgan fingerprint density at radius 2 is 2.12 bits per heavy atom. The van der Waals surface area contributed by atoms with E-state index in [4.69, 9.17) is 4.42 Å². The highest BCUT2D eigenvalue weighted by atomic mass is 16.3. The van der Waals surface area contributed by atoms with Crippen molar-refractivity contribution in [3.05, 3.63) is 48.4 Å². The maximum atomic E-state index is 12.9. The van der Waals surface area contributed by atoms with Gasteiger partial charge in [0.2, 0.25) is 0 Å². The zero-order valence-electron chi connectivity index (χ0n) is 13.8. The number of benzene rings is 1. The normalized spacial score (nSPS) is 26.9. The second-order valence-corrected chi connectivity index (χ2v) is 7.14. The Balaban J connectivity index is 1.53. The molecule has 1 amide bonds. The lowest BCUT2D eigenvalue weighted by Gasteiger charge is -2.47. The molecule has 4 nitrogen and oxygen atoms in total. The minimum Gasteiger partial charge on any atom is -0.472 e. The molecule has 1 saturated heterocycles. The summed E-state index contributed by atoms with van der Waals surface area (Å²) < 4.78 is 5.13. The predicted octanol–water partition coefficient (Wildman–Crippen LogP) is 3.71. The minimum atomic E-state index is -0.548. The highest BCUT2D eigenvalue weighted by Crippen LogP contribution is 2.40. The first-order chi connectivity index (χ1) is 11.7. The van der Waals surface area contributed by atoms with Gasteiger partial charge in [-0.1, -0.05) is 25.0 Å². The molecule has 2 fully saturated rings. The fourth-order valence-corrected chi connectivity index (χ4v) is 4.20. The van der Waals surface area contributed by atoms with Crippen LogP contribution in [0.3, 0.4) is 0 Å². The molecule has 2 unspecified atom stereocenters. The average Bonchev–Trinajstić information content (AvgIpc) is 3.15. The van der Waals surface area contributed by atoms with Gasteiger partial charge < -0.3 is 14.4 Å². The van der Waals surface area contributed by atoms with Gasteiger partial charge in [0.15, 0.2) is 0 Å². The van der Waals surface area contributed by atoms with E-state index in [0.717, 1.165) is 36.8 Å². The molecule has 2 heterocycles. The first kappa shape index (κ1) is 15.5. The zero-order chi connectivity index (χ0) is 16.6. The lowest BCUT2D eigenvalue weighted by atomic mass is 9.71. The van der Waals surface area contributed by atoms with Crippen molar-refractivity contribution < 1.29 is 14.3 Å². The topological polar surface area (TPSA) is 53.7 Å². The van der Waals surface area contributed by atoms with Crippen LogP contribution in [-0.4, -0.2) is 34.6 Å². The van der Waals surface area contributed by atoms with E-state index in [1.807, 2.05) is 35.2 Å². The largest absolute Gasteiger partial charge is 0.472 e. The number of furan rings is 1. The van der Waals surface area contributed by atoms with Gasteiger partial charge in [0, 0.05) is 30.1 Å². The molecule has 0 spiro atoms. The number of fused-ring (bicyclic) bond motifs is 1. The van der Waals surface area contributed by atoms with Crippen molar-refractivity contribution in [3.63, 3.8) is 0 Å². The van der Waals surface area contributed by atoms with E-state index in [1.165, 1.54) is 0 Å². The third kappa shape index (κ3) is 2.75. The SMILES string of the molecule is O=C(c1cccc(-c2ccoc2)c1)N1CCC2(O)CCCCC2C1. The van der Waals surface area contributed by atoms with Crippen molar-refractivity contribution in [3.8, 4) is 11.1 Å². The number of carbonyl (C=O) groups is 1. The van der Waals surface area contributed by atoms with Crippen LogP contribution < -0.4 is 0 Å². The first-order valence-corrected chi connectivity index (χ1v) is 8.80. The van der Waals surface area contributed by atoms with E-state index in [1.54, 1.807) is 12.5 Å². The van der Waals surface area contributed by atoms with Crippen LogP contribution >= 0.6 is 0 Å². The van der Waals surface area contributed by atoms with E-state index < -0.39 is 5.60 Å². The molecule has 1 aliphatic heterocycles. The average molecular weight is 325 g/mol. The summed E-state index contributed by atoms with van der Waals surface area (Å²) in [7, 11) is 0. The number of carbonyl (C=O) groups excluding carboxylic acids is 1. The number of nitrogens with zero attached hydrogens (tertiary/aromatic N) is 1. The maximum Gasteiger partial charge on any atom is 0.253 e. The summed E-state index contributed by atoms with van der Waals surface area (Å²) in [5, 5.41) is 10.8. The van der Waals surface area contributed by atoms with Crippen LogP contribution in [0.2, 0.25) is 0 Å². The second kappa shape index (κ2) is 6.10. The smallest absolute Gasteiger partial charge is 0.253 e. The molecule has 1 N–H and O–H groups in total. The Morgan fingerprint density at radius 1 is 1.21 bits per heavy atom. The number of amides is 1. The molecular weight excluding hydrogens is 302 g/mol. The van der Waals surface area contributed by atoms with Crippen molar-refractivity contribution >= 4 is 5.91 Å². The first-order valence-electron chi connectivity index (χ1n) is 8.80. The summed E-state index contributed by atoms with van der Waals surface area (Å²) in [5.41, 5.74) is 2.12. The fourth-order valence-electron chi connectivity index (χ4n) is 4.20. The standard InChI is InChI=1S/C20H23NO3/c22-19(16-5-3-4-15(12-16)17-7-11-24-14-17)21-10-9-20(23)8-2-1-6-18(20)13-21/h3-5,7,11-12,14,18,23H,1-2,6,8-10,13H2. The molecule has 2 aliphatic rings. The maximum absolute atomic E-state index is 12.9. The molecule has 1 aromatic heterocycles. The number of piperidine rings is 1. The van der Waals surface area contributed by atoms with Gasteiger partial charge in [-0.05, 0) is 43.0 Å². The number of hydrogen-bond acceptors (Lipinski definition) is 3. The van der Waals surface area contributed by atoms with Crippen molar-refractivity contribution in [2.45, 2.75) is 37.7 Å². The summed E-state index contributed by atoms with van der Waals surface area (Å²) in [6, 6.07) is 9.59. The Morgan fingerprint density at radius 3 is 2.96 bits per heavy atom. The Labute approximate surface area is 142 Å². The molecule has 24 heavy (non-hydrogen) atoms. The van der Waals surface area contributed by atoms with E-state index in [2.05, 4.69) is 0 Å². The Bertz CT molecular complexity index is 724. The molecule has 2 aromatic rings. The van der Waals surface area contributed by atoms with Gasteiger partial charge in [-0.2, -0.15) is 0 Å². The number of hydrogen-bond donors (Lipinski definition) is 1. The summed E-state index contributed by atoms with van der Waals surface area (Å²) in [6.07, 6.45) is 8.19. The van der Waals surface area contributed by atoms with Gasteiger partial charge in [0.1, 0.15) is 0 Å². The monoisotopic (exact) mass is 325 g/mol. The number of rotatable bonds is 2. The third-order valence-corrected chi connectivity index (χ3v) is 5.68. The lowest BCUT2D eigenvalue weighted by molar-refractivity contribution is -0.0886. The molecule has 4 heteroatoms. The molecule has 2 atom stereocenters. The van der Waals surface area contributed by atoms with Crippen LogP contribution in [0.5, 0.6) is 0 Å². The van der Waals surface area contributed by atoms with Gasteiger partial charge in [-0.25, -0.2) is 0 Å². The van der Waals surface area contributed by atoms with Crippen LogP contribution in [-0.2, 0) is 0 Å². The molecule has 0 radical (unpaired) electrons. The molecule has 1 aromatic carbocycles. The molecule has 1 aliphatic carbocycles. The van der Waals surface area contributed by atoms with E-state index in [0.29, 0.717) is 25.1 Å². The summed E-state index contributed by atoms with van der Waals surface area (Å²) >= 11 is 0. The molecule has 126 valence electrons. The number of likely N-dealkylation sites (tertiary alicyclic amines) is 1. The van der Waals surface area contributed by atoms with Crippen LogP contribution in [0, 0.1) is 5.92 Å². The zero-order valence-corrected chi connectivity index (χ0v) is 13.8. The van der Waals surface area contributed by atoms with Gasteiger partial charge >= 0.3 is 0 Å². The Kier molecular flexibility index (Phi) is 3.93. The lowest BCUT2D eigenvalue weighted by Crippen LogP contribution is -2.54. The van der Waals surface area contributed by atoms with Crippen LogP contribution in [0.25, 0.3) is 11.1 Å². The molecular formula is C20H23NO3. The summed E-state index contributed by atoms with van der Waals surface area (Å²) in [5.74, 6) is 0.286. The van der Waals surface area contributed by atoms with Crippen molar-refractivity contribution in [2.75, 3.05) is 13.1 Å². The Hall–Kier alpha value is -2.07. The molecule has 4 rings (SSSR count). The van der Waals surface area contributed by atoms with Crippen LogP contribution in [0.15, 0.2) is 47.3 Å². The predicted molar refractivity (Wildman–Crippen MR) is 91.6 cm³/mol. The van der Waals surface area contributed by atoms with E-state index in [-0.39, 0.29) is 11.8 Å². The highest BCUT2D eigenvalue weighted by molar-refractivity contribution is 5.95. The van der Waals surface area contributed by atoms with Crippen LogP contribution in [0.1, 0.15) is 42.5 Å². The van der Waals surface area contributed by atoms with E-state index in [9.17, 15) is 9.90 Å². The quantitative estimate of drug-likeness (QED) is 0.915. The van der Waals surface area contributed by atoms with Crippen LogP contribution in [0.4, 0.5) is 0 Å². The number of aliphatic hydroxyl groups is 1. The van der Waals surface area contributed by atoms with Crippen molar-refractivity contribution in [1.82, 2.24) is 4.90 Å². The fraction of sp³-hybridized carbons (Fsp3) is 0.450. The van der Waals surface area contributed by atoms with Gasteiger partial charge in [0.05, 0.1) is 18.1 Å². The van der Waals surface area contributed by atoms with Gasteiger partial charge in [-0.15, -0.1) is 0 Å². The third-order valence-electron chi connectivity index (χ3n) is 5.68. The molecule has 0 bridgehead atoms.